The summed E-state index contributed by atoms with van der Waals surface area (Å²) in [5.41, 5.74) is 2.35. The monoisotopic (exact) mass is 548 g/mol. The Hall–Kier alpha value is -0.840. The van der Waals surface area contributed by atoms with Crippen LogP contribution in [-0.2, 0) is 19.4 Å². The van der Waals surface area contributed by atoms with E-state index in [1.54, 1.807) is 0 Å². The molecule has 0 saturated heterocycles. The largest absolute Gasteiger partial charge is 0.462 e. The summed E-state index contributed by atoms with van der Waals surface area (Å²) < 4.78 is 32.5. The smallest absolute Gasteiger partial charge is 0.311 e. The molecule has 9 atom stereocenters. The first kappa shape index (κ1) is 30.1. The van der Waals surface area contributed by atoms with E-state index < -0.39 is 20.5 Å². The van der Waals surface area contributed by atoms with E-state index in [1.807, 2.05) is 20.8 Å². The Kier molecular flexibility index (Phi) is 8.61. The third-order valence-electron chi connectivity index (χ3n) is 11.3. The average Bonchev–Trinajstić information content (AvgIpc) is 3.15. The van der Waals surface area contributed by atoms with Gasteiger partial charge in [0, 0.05) is 19.1 Å². The lowest BCUT2D eigenvalue weighted by Crippen LogP contribution is -2.50. The summed E-state index contributed by atoms with van der Waals surface area (Å²) in [5.74, 6) is 4.15. The van der Waals surface area contributed by atoms with Crippen LogP contribution in [0.15, 0.2) is 11.1 Å². The maximum atomic E-state index is 13.3. The fourth-order valence-electron chi connectivity index (χ4n) is 9.38. The summed E-state index contributed by atoms with van der Waals surface area (Å²) in [6.07, 6.45) is 12.4. The van der Waals surface area contributed by atoms with Crippen molar-refractivity contribution in [2.75, 3.05) is 6.26 Å². The lowest BCUT2D eigenvalue weighted by Gasteiger charge is -2.55. The zero-order valence-corrected chi connectivity index (χ0v) is 26.6. The van der Waals surface area contributed by atoms with Gasteiger partial charge in [-0.15, -0.1) is 0 Å². The van der Waals surface area contributed by atoms with Crippen LogP contribution in [0, 0.1) is 52.3 Å². The number of rotatable bonds is 7. The molecule has 4 aliphatic rings. The molecule has 0 aromatic carbocycles. The predicted molar refractivity (Wildman–Crippen MR) is 156 cm³/mol. The van der Waals surface area contributed by atoms with Crippen LogP contribution in [0.1, 0.15) is 120 Å². The minimum absolute atomic E-state index is 0.229. The van der Waals surface area contributed by atoms with Crippen molar-refractivity contribution in [3.8, 4) is 0 Å². The first-order chi connectivity index (χ1) is 17.5. The summed E-state index contributed by atoms with van der Waals surface area (Å²) in [4.78, 5) is 12.7. The molecule has 2 fully saturated rings. The molecule has 0 spiro atoms. The Bertz CT molecular complexity index is 1020. The second-order valence-electron chi connectivity index (χ2n) is 15.6. The first-order valence-corrected chi connectivity index (χ1v) is 17.6. The molecule has 0 N–H and O–H groups in total. The van der Waals surface area contributed by atoms with Crippen LogP contribution in [0.4, 0.5) is 0 Å². The predicted octanol–water partition coefficient (Wildman–Crippen LogP) is 8.01. The molecule has 0 radical (unpaired) electrons. The summed E-state index contributed by atoms with van der Waals surface area (Å²) in [7, 11) is -3.30. The molecule has 4 aliphatic carbocycles. The number of fused-ring (bicyclic) bond motifs is 4. The topological polar surface area (TPSA) is 60.4 Å². The second-order valence-corrected chi connectivity index (χ2v) is 17.8. The molecular formula is C33H56O4S. The van der Waals surface area contributed by atoms with Gasteiger partial charge in [0.2, 0.25) is 0 Å². The Balaban J connectivity index is 1.59. The molecule has 38 heavy (non-hydrogen) atoms. The number of esters is 1. The van der Waals surface area contributed by atoms with Crippen LogP contribution in [0.25, 0.3) is 0 Å². The van der Waals surface area contributed by atoms with Crippen LogP contribution in [0.5, 0.6) is 0 Å². The summed E-state index contributed by atoms with van der Waals surface area (Å²) >= 11 is 0. The van der Waals surface area contributed by atoms with Crippen molar-refractivity contribution in [3.63, 3.8) is 0 Å². The minimum atomic E-state index is -3.30. The number of hydrogen-bond donors (Lipinski definition) is 0. The van der Waals surface area contributed by atoms with Crippen molar-refractivity contribution >= 4 is 15.8 Å². The van der Waals surface area contributed by atoms with Crippen LogP contribution >= 0.6 is 0 Å². The average molecular weight is 549 g/mol. The van der Waals surface area contributed by atoms with E-state index in [9.17, 15) is 13.2 Å². The highest BCUT2D eigenvalue weighted by Gasteiger charge is 2.58. The third kappa shape index (κ3) is 5.79. The van der Waals surface area contributed by atoms with E-state index in [0.717, 1.165) is 30.6 Å². The fraction of sp³-hybridized carbons (Fsp3) is 0.909. The maximum Gasteiger partial charge on any atom is 0.311 e. The van der Waals surface area contributed by atoms with Gasteiger partial charge in [-0.25, -0.2) is 8.42 Å². The standard InChI is InChI=1S/C33H56O4S/c1-20(2)11-10-12-21(3)27-13-14-28-26-17-22(4)25-18-23(37-31(34)32(5,6)7)19-29(38(9,35)36)30(25)24(26)15-16-33(27,28)8/h20-24,26-29H,10-19H2,1-9H3/t21-,22?,23?,24+,26-,27-,28+,29?,33-/m1/s1. The molecule has 218 valence electrons. The van der Waals surface area contributed by atoms with Crippen molar-refractivity contribution in [2.45, 2.75) is 131 Å². The van der Waals surface area contributed by atoms with Gasteiger partial charge in [-0.2, -0.15) is 0 Å². The Morgan fingerprint density at radius 1 is 1.08 bits per heavy atom. The van der Waals surface area contributed by atoms with E-state index >= 15 is 0 Å². The molecular weight excluding hydrogens is 492 g/mol. The van der Waals surface area contributed by atoms with Gasteiger partial charge in [0.25, 0.3) is 0 Å². The molecule has 0 aromatic heterocycles. The molecule has 3 unspecified atom stereocenters. The van der Waals surface area contributed by atoms with E-state index in [-0.39, 0.29) is 12.1 Å². The van der Waals surface area contributed by atoms with Crippen LogP contribution in [0.2, 0.25) is 0 Å². The zero-order valence-electron chi connectivity index (χ0n) is 25.8. The summed E-state index contributed by atoms with van der Waals surface area (Å²) in [5, 5.41) is -0.504. The van der Waals surface area contributed by atoms with Gasteiger partial charge < -0.3 is 4.74 Å². The van der Waals surface area contributed by atoms with E-state index in [2.05, 4.69) is 34.6 Å². The molecule has 0 aromatic rings. The fourth-order valence-corrected chi connectivity index (χ4v) is 10.7. The number of sulfone groups is 1. The summed E-state index contributed by atoms with van der Waals surface area (Å²) in [6.45, 7) is 17.7. The van der Waals surface area contributed by atoms with Gasteiger partial charge in [-0.1, -0.05) is 59.5 Å². The quantitative estimate of drug-likeness (QED) is 0.239. The van der Waals surface area contributed by atoms with Gasteiger partial charge in [-0.3, -0.25) is 4.79 Å². The Morgan fingerprint density at radius 2 is 1.76 bits per heavy atom. The molecule has 0 bridgehead atoms. The van der Waals surface area contributed by atoms with Crippen molar-refractivity contribution in [3.05, 3.63) is 11.1 Å². The van der Waals surface area contributed by atoms with Crippen LogP contribution < -0.4 is 0 Å². The molecule has 0 amide bonds. The highest BCUT2D eigenvalue weighted by molar-refractivity contribution is 7.91. The Labute approximate surface area is 234 Å². The lowest BCUT2D eigenvalue weighted by molar-refractivity contribution is -0.159. The van der Waals surface area contributed by atoms with E-state index in [4.69, 9.17) is 4.74 Å². The zero-order chi connectivity index (χ0) is 28.2. The highest BCUT2D eigenvalue weighted by atomic mass is 32.2. The van der Waals surface area contributed by atoms with Gasteiger partial charge >= 0.3 is 5.97 Å². The van der Waals surface area contributed by atoms with E-state index in [0.29, 0.717) is 41.9 Å². The molecule has 0 heterocycles. The van der Waals surface area contributed by atoms with Crippen molar-refractivity contribution < 1.29 is 17.9 Å². The van der Waals surface area contributed by atoms with E-state index in [1.165, 1.54) is 55.9 Å². The third-order valence-corrected chi connectivity index (χ3v) is 12.8. The number of ether oxygens (including phenoxy) is 1. The summed E-state index contributed by atoms with van der Waals surface area (Å²) in [6, 6.07) is 0. The molecule has 5 heteroatoms. The number of hydrogen-bond acceptors (Lipinski definition) is 4. The van der Waals surface area contributed by atoms with Gasteiger partial charge in [-0.05, 0) is 105 Å². The van der Waals surface area contributed by atoms with Crippen molar-refractivity contribution in [1.29, 1.82) is 0 Å². The maximum absolute atomic E-state index is 13.3. The number of carbonyl (C=O) groups is 1. The SMILES string of the molecule is CC(C)CCC[C@@H](C)[C@H]1CC[C@H]2[C@@H]3CC(C)C4=C(C(S(C)(=O)=O)CC(OC(=O)C(C)(C)C)C4)[C@H]3CC[C@]12C. The van der Waals surface area contributed by atoms with Crippen molar-refractivity contribution in [1.82, 2.24) is 0 Å². The Morgan fingerprint density at radius 3 is 2.37 bits per heavy atom. The van der Waals surface area contributed by atoms with Gasteiger partial charge in [0.1, 0.15) is 6.10 Å². The second kappa shape index (κ2) is 10.9. The number of carbonyl (C=O) groups excluding carboxylic acids is 1. The normalized spacial score (nSPS) is 38.4. The van der Waals surface area contributed by atoms with Crippen LogP contribution in [0.3, 0.4) is 0 Å². The van der Waals surface area contributed by atoms with Gasteiger partial charge in [0.05, 0.1) is 10.7 Å². The molecule has 4 rings (SSSR count). The lowest BCUT2D eigenvalue weighted by atomic mass is 9.51. The minimum Gasteiger partial charge on any atom is -0.462 e. The first-order valence-electron chi connectivity index (χ1n) is 15.7. The highest BCUT2D eigenvalue weighted by Crippen LogP contribution is 2.65. The van der Waals surface area contributed by atoms with Crippen LogP contribution in [-0.4, -0.2) is 32.0 Å². The molecule has 0 aliphatic heterocycles. The molecule has 2 saturated carbocycles. The van der Waals surface area contributed by atoms with Gasteiger partial charge in [0.15, 0.2) is 9.84 Å². The van der Waals surface area contributed by atoms with Crippen molar-refractivity contribution in [2.24, 2.45) is 52.3 Å². The molecule has 4 nitrogen and oxygen atoms in total.